The minimum Gasteiger partial charge on any atom is -0.454 e. The maximum atomic E-state index is 12.2. The van der Waals surface area contributed by atoms with Crippen LogP contribution < -0.4 is 10.6 Å². The van der Waals surface area contributed by atoms with Gasteiger partial charge in [-0.2, -0.15) is 0 Å². The molecule has 0 spiro atoms. The number of carbonyl (C=O) groups is 3. The van der Waals surface area contributed by atoms with E-state index in [0.29, 0.717) is 31.5 Å². The van der Waals surface area contributed by atoms with Gasteiger partial charge in [0, 0.05) is 31.3 Å². The molecule has 0 radical (unpaired) electrons. The molecule has 0 aromatic heterocycles. The molecular formula is C17H24N2O4S. The van der Waals surface area contributed by atoms with E-state index in [1.807, 2.05) is 19.1 Å². The second-order valence-electron chi connectivity index (χ2n) is 5.12. The fraction of sp³-hybridized carbons (Fsp3) is 0.471. The van der Waals surface area contributed by atoms with Crippen molar-refractivity contribution in [3.05, 3.63) is 29.8 Å². The number of nitrogens with one attached hydrogen (secondary N) is 2. The first kappa shape index (κ1) is 20.0. The van der Waals surface area contributed by atoms with Crippen molar-refractivity contribution in [2.24, 2.45) is 0 Å². The normalized spacial score (nSPS) is 10.1. The van der Waals surface area contributed by atoms with Crippen LogP contribution in [-0.4, -0.2) is 36.8 Å². The lowest BCUT2D eigenvalue weighted by Gasteiger charge is -2.10. The first-order valence-electron chi connectivity index (χ1n) is 7.94. The Labute approximate surface area is 146 Å². The van der Waals surface area contributed by atoms with Crippen molar-refractivity contribution in [1.82, 2.24) is 10.6 Å². The molecule has 7 heteroatoms. The highest BCUT2D eigenvalue weighted by Gasteiger charge is 2.11. The second kappa shape index (κ2) is 11.5. The summed E-state index contributed by atoms with van der Waals surface area (Å²) in [5.41, 5.74) is 0.550. The molecule has 0 unspecified atom stereocenters. The molecule has 0 heterocycles. The van der Waals surface area contributed by atoms with E-state index >= 15 is 0 Å². The van der Waals surface area contributed by atoms with Crippen LogP contribution in [0.3, 0.4) is 0 Å². The van der Waals surface area contributed by atoms with E-state index in [-0.39, 0.29) is 23.7 Å². The summed E-state index contributed by atoms with van der Waals surface area (Å²) in [5.74, 6) is -0.308. The molecule has 1 aromatic rings. The molecule has 2 N–H and O–H groups in total. The third kappa shape index (κ3) is 8.01. The highest BCUT2D eigenvalue weighted by Crippen LogP contribution is 2.22. The predicted molar refractivity (Wildman–Crippen MR) is 93.8 cm³/mol. The van der Waals surface area contributed by atoms with Gasteiger partial charge in [-0.25, -0.2) is 0 Å². The van der Waals surface area contributed by atoms with Crippen molar-refractivity contribution in [2.45, 2.75) is 38.0 Å². The topological polar surface area (TPSA) is 84.5 Å². The van der Waals surface area contributed by atoms with E-state index in [1.54, 1.807) is 12.1 Å². The zero-order valence-electron chi connectivity index (χ0n) is 14.1. The molecule has 0 saturated heterocycles. The van der Waals surface area contributed by atoms with Crippen LogP contribution in [0.5, 0.6) is 0 Å². The van der Waals surface area contributed by atoms with Crippen LogP contribution in [0.4, 0.5) is 0 Å². The van der Waals surface area contributed by atoms with Gasteiger partial charge in [-0.1, -0.05) is 30.8 Å². The van der Waals surface area contributed by atoms with Crippen LogP contribution in [0.15, 0.2) is 29.2 Å². The minimum absolute atomic E-state index is 0.0827. The number of ether oxygens (including phenoxy) is 1. The molecule has 6 nitrogen and oxygen atoms in total. The van der Waals surface area contributed by atoms with E-state index in [1.165, 1.54) is 18.7 Å². The summed E-state index contributed by atoms with van der Waals surface area (Å²) in [6.07, 6.45) is 1.81. The summed E-state index contributed by atoms with van der Waals surface area (Å²) in [6, 6.07) is 7.19. The van der Waals surface area contributed by atoms with Crippen LogP contribution in [0.25, 0.3) is 0 Å². The van der Waals surface area contributed by atoms with Crippen LogP contribution in [0, 0.1) is 0 Å². The van der Waals surface area contributed by atoms with E-state index in [2.05, 4.69) is 10.6 Å². The van der Waals surface area contributed by atoms with Crippen molar-refractivity contribution in [3.8, 4) is 0 Å². The predicted octanol–water partition coefficient (Wildman–Crippen LogP) is 2.34. The quantitative estimate of drug-likeness (QED) is 0.292. The average Bonchev–Trinajstić information content (AvgIpc) is 2.55. The Kier molecular flexibility index (Phi) is 9.60. The summed E-state index contributed by atoms with van der Waals surface area (Å²) in [5, 5.41) is 5.50. The smallest absolute Gasteiger partial charge is 0.306 e. The number of carbonyl (C=O) groups excluding carboxylic acids is 3. The molecule has 0 atom stereocenters. The largest absolute Gasteiger partial charge is 0.454 e. The van der Waals surface area contributed by atoms with Gasteiger partial charge in [-0.3, -0.25) is 14.4 Å². The molecule has 0 aliphatic heterocycles. The molecule has 1 rings (SSSR count). The molecule has 2 amide bonds. The molecule has 132 valence electrons. The van der Waals surface area contributed by atoms with Gasteiger partial charge in [0.1, 0.15) is 5.94 Å². The lowest BCUT2D eigenvalue weighted by molar-refractivity contribution is -0.141. The van der Waals surface area contributed by atoms with Crippen molar-refractivity contribution < 1.29 is 19.1 Å². The van der Waals surface area contributed by atoms with E-state index < -0.39 is 0 Å². The molecular weight excluding hydrogens is 328 g/mol. The number of benzene rings is 1. The van der Waals surface area contributed by atoms with Crippen molar-refractivity contribution in [1.29, 1.82) is 0 Å². The van der Waals surface area contributed by atoms with Crippen LogP contribution in [0.2, 0.25) is 0 Å². The van der Waals surface area contributed by atoms with E-state index in [9.17, 15) is 14.4 Å². The van der Waals surface area contributed by atoms with Crippen LogP contribution >= 0.6 is 11.8 Å². The second-order valence-corrected chi connectivity index (χ2v) is 6.08. The Bertz CT molecular complexity index is 563. The maximum Gasteiger partial charge on any atom is 0.306 e. The highest BCUT2D eigenvalue weighted by molar-refractivity contribution is 7.99. The molecule has 0 aliphatic rings. The van der Waals surface area contributed by atoms with Crippen LogP contribution in [0.1, 0.15) is 43.5 Å². The Hall–Kier alpha value is -2.02. The van der Waals surface area contributed by atoms with Crippen molar-refractivity contribution >= 4 is 29.5 Å². The lowest BCUT2D eigenvalue weighted by Crippen LogP contribution is -2.29. The first-order chi connectivity index (χ1) is 11.5. The molecule has 1 aromatic carbocycles. The summed E-state index contributed by atoms with van der Waals surface area (Å²) >= 11 is 1.32. The SMILES string of the molecule is CCCC(=O)OCSc1ccccc1C(=O)NCCCNC(C)=O. The van der Waals surface area contributed by atoms with Crippen molar-refractivity contribution in [2.75, 3.05) is 19.0 Å². The van der Waals surface area contributed by atoms with Gasteiger partial charge in [0.05, 0.1) is 5.56 Å². The summed E-state index contributed by atoms with van der Waals surface area (Å²) in [6.45, 7) is 4.38. The fourth-order valence-electron chi connectivity index (χ4n) is 1.87. The van der Waals surface area contributed by atoms with Gasteiger partial charge in [-0.15, -0.1) is 0 Å². The standard InChI is InChI=1S/C17H24N2O4S/c1-3-7-16(21)23-12-24-15-9-5-4-8-14(15)17(22)19-11-6-10-18-13(2)20/h4-5,8-9H,3,6-7,10-12H2,1-2H3,(H,18,20)(H,19,22). The van der Waals surface area contributed by atoms with Gasteiger partial charge in [0.2, 0.25) is 5.91 Å². The monoisotopic (exact) mass is 352 g/mol. The number of esters is 1. The third-order valence-electron chi connectivity index (χ3n) is 3.03. The number of amides is 2. The average molecular weight is 352 g/mol. The minimum atomic E-state index is -0.232. The Morgan fingerprint density at radius 1 is 1.12 bits per heavy atom. The van der Waals surface area contributed by atoms with Gasteiger partial charge < -0.3 is 15.4 Å². The Morgan fingerprint density at radius 3 is 2.54 bits per heavy atom. The summed E-state index contributed by atoms with van der Waals surface area (Å²) < 4.78 is 5.11. The number of hydrogen-bond acceptors (Lipinski definition) is 5. The van der Waals surface area contributed by atoms with Gasteiger partial charge in [0.25, 0.3) is 5.91 Å². The zero-order valence-corrected chi connectivity index (χ0v) is 14.9. The van der Waals surface area contributed by atoms with Gasteiger partial charge >= 0.3 is 5.97 Å². The lowest BCUT2D eigenvalue weighted by atomic mass is 10.2. The molecule has 0 aliphatic carbocycles. The summed E-state index contributed by atoms with van der Waals surface area (Å²) in [7, 11) is 0. The van der Waals surface area contributed by atoms with Gasteiger partial charge in [-0.05, 0) is 25.0 Å². The van der Waals surface area contributed by atoms with E-state index in [4.69, 9.17) is 4.74 Å². The number of hydrogen-bond donors (Lipinski definition) is 2. The highest BCUT2D eigenvalue weighted by atomic mass is 32.2. The molecule has 0 saturated carbocycles. The Balaban J connectivity index is 2.45. The van der Waals surface area contributed by atoms with Crippen LogP contribution in [-0.2, 0) is 14.3 Å². The summed E-state index contributed by atoms with van der Waals surface area (Å²) in [4.78, 5) is 35.1. The fourth-order valence-corrected chi connectivity index (χ4v) is 2.67. The van der Waals surface area contributed by atoms with E-state index in [0.717, 1.165) is 11.3 Å². The zero-order chi connectivity index (χ0) is 17.8. The third-order valence-corrected chi connectivity index (χ3v) is 3.94. The van der Waals surface area contributed by atoms with Crippen molar-refractivity contribution in [3.63, 3.8) is 0 Å². The molecule has 24 heavy (non-hydrogen) atoms. The first-order valence-corrected chi connectivity index (χ1v) is 8.93. The molecule has 0 bridgehead atoms. The molecule has 0 fully saturated rings. The van der Waals surface area contributed by atoms with Gasteiger partial charge in [0.15, 0.2) is 0 Å². The number of rotatable bonds is 10. The Morgan fingerprint density at radius 2 is 1.83 bits per heavy atom. The maximum absolute atomic E-state index is 12.2. The number of thioether (sulfide) groups is 1.